The number of carbonyl (C=O) groups excluding carboxylic acids is 2. The number of carbonyl (C=O) groups is 2. The molecule has 172 valence electrons. The zero-order valence-electron chi connectivity index (χ0n) is 18.2. The van der Waals surface area contributed by atoms with Crippen molar-refractivity contribution in [2.75, 3.05) is 26.4 Å². The average Bonchev–Trinajstić information content (AvgIpc) is 2.77. The SMILES string of the molecule is C=C(C)C(=O)OCC(O)COc1ccc2ccccc2c1OCC(O)COC(=O)C(=C)C. The van der Waals surface area contributed by atoms with E-state index >= 15 is 0 Å². The summed E-state index contributed by atoms with van der Waals surface area (Å²) >= 11 is 0. The summed E-state index contributed by atoms with van der Waals surface area (Å²) in [7, 11) is 0. The van der Waals surface area contributed by atoms with E-state index in [1.807, 2.05) is 30.3 Å². The molecule has 8 heteroatoms. The number of aliphatic hydroxyl groups excluding tert-OH is 2. The fraction of sp³-hybridized carbons (Fsp3) is 0.333. The first-order valence-corrected chi connectivity index (χ1v) is 9.97. The maximum absolute atomic E-state index is 11.5. The standard InChI is InChI=1S/C24H28O8/c1-15(2)23(27)31-13-18(25)11-29-21-10-9-17-7-5-6-8-20(17)22(21)30-12-19(26)14-32-24(28)16(3)4/h5-10,18-19,25-26H,1,3,11-14H2,2,4H3. The number of aliphatic hydroxyl groups is 2. The molecule has 0 aromatic heterocycles. The number of esters is 2. The van der Waals surface area contributed by atoms with E-state index in [2.05, 4.69) is 13.2 Å². The summed E-state index contributed by atoms with van der Waals surface area (Å²) in [6, 6.07) is 10.9. The first-order valence-electron chi connectivity index (χ1n) is 9.97. The number of rotatable bonds is 12. The highest BCUT2D eigenvalue weighted by atomic mass is 16.6. The monoisotopic (exact) mass is 444 g/mol. The molecule has 0 radical (unpaired) electrons. The van der Waals surface area contributed by atoms with Crippen LogP contribution in [-0.4, -0.2) is 60.8 Å². The molecule has 0 aliphatic rings. The smallest absolute Gasteiger partial charge is 0.333 e. The van der Waals surface area contributed by atoms with Gasteiger partial charge in [0.15, 0.2) is 11.5 Å². The van der Waals surface area contributed by atoms with E-state index in [0.717, 1.165) is 10.8 Å². The molecule has 8 nitrogen and oxygen atoms in total. The molecular formula is C24H28O8. The van der Waals surface area contributed by atoms with Gasteiger partial charge in [0.05, 0.1) is 0 Å². The number of hydrogen-bond acceptors (Lipinski definition) is 8. The normalized spacial score (nSPS) is 12.5. The lowest BCUT2D eigenvalue weighted by Crippen LogP contribution is -2.26. The van der Waals surface area contributed by atoms with Crippen LogP contribution in [0.3, 0.4) is 0 Å². The molecule has 0 saturated carbocycles. The molecule has 2 rings (SSSR count). The molecule has 0 aliphatic carbocycles. The second-order valence-electron chi connectivity index (χ2n) is 7.30. The van der Waals surface area contributed by atoms with Crippen molar-refractivity contribution in [1.29, 1.82) is 0 Å². The lowest BCUT2D eigenvalue weighted by molar-refractivity contribution is -0.143. The van der Waals surface area contributed by atoms with Crippen molar-refractivity contribution in [3.63, 3.8) is 0 Å². The van der Waals surface area contributed by atoms with Crippen molar-refractivity contribution in [2.24, 2.45) is 0 Å². The molecule has 2 aromatic rings. The summed E-state index contributed by atoms with van der Waals surface area (Å²) in [4.78, 5) is 22.9. The van der Waals surface area contributed by atoms with Gasteiger partial charge >= 0.3 is 11.9 Å². The topological polar surface area (TPSA) is 112 Å². The molecule has 0 bridgehead atoms. The second kappa shape index (κ2) is 11.9. The van der Waals surface area contributed by atoms with Crippen LogP contribution in [-0.2, 0) is 19.1 Å². The fourth-order valence-corrected chi connectivity index (χ4v) is 2.54. The van der Waals surface area contributed by atoms with E-state index in [0.29, 0.717) is 11.5 Å². The summed E-state index contributed by atoms with van der Waals surface area (Å²) < 4.78 is 21.3. The number of fused-ring (bicyclic) bond motifs is 1. The van der Waals surface area contributed by atoms with Crippen molar-refractivity contribution in [3.8, 4) is 11.5 Å². The van der Waals surface area contributed by atoms with Gasteiger partial charge in [-0.1, -0.05) is 43.5 Å². The Morgan fingerprint density at radius 3 is 1.91 bits per heavy atom. The van der Waals surface area contributed by atoms with Crippen LogP contribution in [0.4, 0.5) is 0 Å². The van der Waals surface area contributed by atoms with Crippen molar-refractivity contribution in [2.45, 2.75) is 26.1 Å². The lowest BCUT2D eigenvalue weighted by Gasteiger charge is -2.19. The Morgan fingerprint density at radius 2 is 1.34 bits per heavy atom. The van der Waals surface area contributed by atoms with E-state index in [1.54, 1.807) is 6.07 Å². The van der Waals surface area contributed by atoms with Crippen LogP contribution in [0.1, 0.15) is 13.8 Å². The van der Waals surface area contributed by atoms with Gasteiger partial charge in [-0.25, -0.2) is 9.59 Å². The predicted octanol–water partition coefficient (Wildman–Crippen LogP) is 2.56. The molecule has 32 heavy (non-hydrogen) atoms. The highest BCUT2D eigenvalue weighted by Gasteiger charge is 2.17. The Morgan fingerprint density at radius 1 is 0.812 bits per heavy atom. The van der Waals surface area contributed by atoms with E-state index in [-0.39, 0.29) is 37.6 Å². The van der Waals surface area contributed by atoms with Crippen LogP contribution in [0.15, 0.2) is 60.7 Å². The minimum Gasteiger partial charge on any atom is -0.487 e. The van der Waals surface area contributed by atoms with Gasteiger partial charge in [0, 0.05) is 16.5 Å². The molecule has 0 heterocycles. The lowest BCUT2D eigenvalue weighted by atomic mass is 10.1. The molecule has 2 N–H and O–H groups in total. The number of ether oxygens (including phenoxy) is 4. The van der Waals surface area contributed by atoms with E-state index in [1.165, 1.54) is 13.8 Å². The van der Waals surface area contributed by atoms with Crippen LogP contribution < -0.4 is 9.47 Å². The molecule has 0 fully saturated rings. The second-order valence-corrected chi connectivity index (χ2v) is 7.30. The van der Waals surface area contributed by atoms with Crippen molar-refractivity contribution in [3.05, 3.63) is 60.7 Å². The quantitative estimate of drug-likeness (QED) is 0.380. The van der Waals surface area contributed by atoms with E-state index < -0.39 is 24.1 Å². The van der Waals surface area contributed by atoms with Crippen LogP contribution in [0.25, 0.3) is 10.8 Å². The Hall–Kier alpha value is -3.36. The Kier molecular flexibility index (Phi) is 9.24. The molecule has 0 saturated heterocycles. The molecule has 2 atom stereocenters. The molecule has 2 unspecified atom stereocenters. The fourth-order valence-electron chi connectivity index (χ4n) is 2.54. The molecule has 2 aromatic carbocycles. The highest BCUT2D eigenvalue weighted by molar-refractivity contribution is 5.90. The van der Waals surface area contributed by atoms with E-state index in [4.69, 9.17) is 18.9 Å². The van der Waals surface area contributed by atoms with Crippen molar-refractivity contribution >= 4 is 22.7 Å². The van der Waals surface area contributed by atoms with Gasteiger partial charge in [-0.15, -0.1) is 0 Å². The van der Waals surface area contributed by atoms with Gasteiger partial charge in [-0.2, -0.15) is 0 Å². The first kappa shape index (κ1) is 24.9. The third kappa shape index (κ3) is 7.40. The van der Waals surface area contributed by atoms with Gasteiger partial charge in [0.1, 0.15) is 38.6 Å². The predicted molar refractivity (Wildman–Crippen MR) is 118 cm³/mol. The Balaban J connectivity index is 2.05. The van der Waals surface area contributed by atoms with Crippen LogP contribution >= 0.6 is 0 Å². The van der Waals surface area contributed by atoms with Crippen LogP contribution in [0.5, 0.6) is 11.5 Å². The minimum atomic E-state index is -1.07. The third-order valence-electron chi connectivity index (χ3n) is 4.21. The van der Waals surface area contributed by atoms with Gasteiger partial charge in [0.25, 0.3) is 0 Å². The highest BCUT2D eigenvalue weighted by Crippen LogP contribution is 2.36. The van der Waals surface area contributed by atoms with Gasteiger partial charge in [0.2, 0.25) is 0 Å². The number of hydrogen-bond donors (Lipinski definition) is 2. The van der Waals surface area contributed by atoms with Crippen molar-refractivity contribution < 1.29 is 38.7 Å². The van der Waals surface area contributed by atoms with Gasteiger partial charge < -0.3 is 29.2 Å². The largest absolute Gasteiger partial charge is 0.487 e. The van der Waals surface area contributed by atoms with Gasteiger partial charge in [-0.05, 0) is 25.3 Å². The molecule has 0 spiro atoms. The number of benzene rings is 2. The molecular weight excluding hydrogens is 416 g/mol. The maximum atomic E-state index is 11.5. The average molecular weight is 444 g/mol. The van der Waals surface area contributed by atoms with Gasteiger partial charge in [-0.3, -0.25) is 0 Å². The van der Waals surface area contributed by atoms with Crippen LogP contribution in [0.2, 0.25) is 0 Å². The first-order chi connectivity index (χ1) is 15.2. The van der Waals surface area contributed by atoms with E-state index in [9.17, 15) is 19.8 Å². The zero-order chi connectivity index (χ0) is 23.7. The molecule has 0 amide bonds. The Labute approximate surface area is 186 Å². The summed E-state index contributed by atoms with van der Waals surface area (Å²) in [6.45, 7) is 9.17. The Bertz CT molecular complexity index is 981. The van der Waals surface area contributed by atoms with Crippen molar-refractivity contribution in [1.82, 2.24) is 0 Å². The summed E-state index contributed by atoms with van der Waals surface area (Å²) in [5.74, 6) is -0.501. The summed E-state index contributed by atoms with van der Waals surface area (Å²) in [5, 5.41) is 21.8. The zero-order valence-corrected chi connectivity index (χ0v) is 18.2. The third-order valence-corrected chi connectivity index (χ3v) is 4.21. The molecule has 0 aliphatic heterocycles. The summed E-state index contributed by atoms with van der Waals surface area (Å²) in [6.07, 6.45) is -2.14. The van der Waals surface area contributed by atoms with Crippen LogP contribution in [0, 0.1) is 0 Å². The maximum Gasteiger partial charge on any atom is 0.333 e. The minimum absolute atomic E-state index is 0.156. The summed E-state index contributed by atoms with van der Waals surface area (Å²) in [5.41, 5.74) is 0.464.